The average Bonchev–Trinajstić information content (AvgIpc) is 1.92. The van der Waals surface area contributed by atoms with Crippen molar-refractivity contribution in [3.63, 3.8) is 0 Å². The zero-order valence-electron chi connectivity index (χ0n) is 14.8. The molecule has 0 aromatic carbocycles. The van der Waals surface area contributed by atoms with Gasteiger partial charge in [-0.15, -0.1) is 0 Å². The van der Waals surface area contributed by atoms with E-state index in [9.17, 15) is 4.11 Å². The molecular formula is C15H34BrFSi2. The Balaban J connectivity index is 6.45. The van der Waals surface area contributed by atoms with Crippen LogP contribution in [0.4, 0.5) is 4.11 Å². The van der Waals surface area contributed by atoms with Crippen LogP contribution in [0.2, 0.25) is 28.2 Å². The van der Waals surface area contributed by atoms with E-state index in [2.05, 4.69) is 78.2 Å². The molecule has 0 heterocycles. The summed E-state index contributed by atoms with van der Waals surface area (Å²) in [5.41, 5.74) is 0. The lowest BCUT2D eigenvalue weighted by atomic mass is 10.2. The molecular weight excluding hydrogens is 335 g/mol. The fourth-order valence-corrected chi connectivity index (χ4v) is 28.3. The van der Waals surface area contributed by atoms with Gasteiger partial charge in [-0.05, 0) is 28.2 Å². The number of rotatable bonds is 2. The lowest BCUT2D eigenvalue weighted by Crippen LogP contribution is -2.69. The second kappa shape index (κ2) is 5.24. The molecule has 0 bridgehead atoms. The molecule has 0 fully saturated rings. The minimum Gasteiger partial charge on any atom is -0.314 e. The molecule has 0 spiro atoms. The molecule has 0 nitrogen and oxygen atoms in total. The normalized spacial score (nSPS) is 17.5. The summed E-state index contributed by atoms with van der Waals surface area (Å²) in [6.07, 6.45) is 0. The second-order valence-electron chi connectivity index (χ2n) is 9.48. The van der Waals surface area contributed by atoms with Crippen LogP contribution in [0.25, 0.3) is 0 Å². The van der Waals surface area contributed by atoms with E-state index >= 15 is 0 Å². The molecule has 0 rings (SSSR count). The van der Waals surface area contributed by atoms with Crippen molar-refractivity contribution >= 4 is 32.4 Å². The van der Waals surface area contributed by atoms with Gasteiger partial charge in [-0.3, -0.25) is 0 Å². The summed E-state index contributed by atoms with van der Waals surface area (Å²) in [4.78, 5) is 0. The van der Waals surface area contributed by atoms with E-state index in [-0.39, 0.29) is 19.2 Å². The highest BCUT2D eigenvalue weighted by atomic mass is 79.9. The summed E-state index contributed by atoms with van der Waals surface area (Å²) in [5, 5.41) is 0.441. The zero-order chi connectivity index (χ0) is 16.1. The Morgan fingerprint density at radius 1 is 0.737 bits per heavy atom. The lowest BCUT2D eigenvalue weighted by molar-refractivity contribution is 0.529. The summed E-state index contributed by atoms with van der Waals surface area (Å²) < 4.78 is 15.1. The van der Waals surface area contributed by atoms with Crippen LogP contribution in [0.5, 0.6) is 0 Å². The van der Waals surface area contributed by atoms with Crippen LogP contribution in [0.1, 0.15) is 62.3 Å². The van der Waals surface area contributed by atoms with Gasteiger partial charge in [-0.25, -0.2) is 0 Å². The smallest absolute Gasteiger partial charge is 0.251 e. The Bertz CT molecular complexity index is 277. The SMILES string of the molecule is CC(C)(C)[Si](C(Br)[Si](C)(C)F)(C(C)(C)C)C(C)(C)C. The van der Waals surface area contributed by atoms with Crippen LogP contribution < -0.4 is 0 Å². The van der Waals surface area contributed by atoms with Crippen molar-refractivity contribution in [1.29, 1.82) is 0 Å². The van der Waals surface area contributed by atoms with E-state index in [0.717, 1.165) is 0 Å². The van der Waals surface area contributed by atoms with E-state index < -0.39 is 16.5 Å². The van der Waals surface area contributed by atoms with Gasteiger partial charge in [0.05, 0.1) is 8.07 Å². The number of halogens is 2. The maximum atomic E-state index is 15.0. The van der Waals surface area contributed by atoms with Gasteiger partial charge in [0.1, 0.15) is 0 Å². The molecule has 0 radical (unpaired) electrons. The summed E-state index contributed by atoms with van der Waals surface area (Å²) in [6, 6.07) is 0. The molecule has 19 heavy (non-hydrogen) atoms. The van der Waals surface area contributed by atoms with Gasteiger partial charge in [0.2, 0.25) is 0 Å². The minimum absolute atomic E-state index is 0.0625. The third-order valence-corrected chi connectivity index (χ3v) is 22.3. The maximum Gasteiger partial charge on any atom is 0.251 e. The molecule has 0 aromatic rings. The molecule has 4 heteroatoms. The molecule has 0 aliphatic rings. The first kappa shape index (κ1) is 19.8. The largest absolute Gasteiger partial charge is 0.314 e. The zero-order valence-corrected chi connectivity index (χ0v) is 18.4. The fraction of sp³-hybridized carbons (Fsp3) is 1.00. The Morgan fingerprint density at radius 3 is 1.00 bits per heavy atom. The van der Waals surface area contributed by atoms with Gasteiger partial charge in [0.25, 0.3) is 8.41 Å². The quantitative estimate of drug-likeness (QED) is 0.284. The van der Waals surface area contributed by atoms with Crippen molar-refractivity contribution in [1.82, 2.24) is 0 Å². The Labute approximate surface area is 131 Å². The van der Waals surface area contributed by atoms with E-state index in [1.54, 1.807) is 0 Å². The van der Waals surface area contributed by atoms with Crippen LogP contribution in [0, 0.1) is 0 Å². The molecule has 0 aliphatic heterocycles. The van der Waals surface area contributed by atoms with Crippen molar-refractivity contribution in [2.75, 3.05) is 0 Å². The molecule has 116 valence electrons. The van der Waals surface area contributed by atoms with Crippen molar-refractivity contribution in [2.45, 2.75) is 94.6 Å². The van der Waals surface area contributed by atoms with Crippen LogP contribution in [-0.2, 0) is 0 Å². The minimum atomic E-state index is -2.75. The highest BCUT2D eigenvalue weighted by Gasteiger charge is 2.66. The summed E-state index contributed by atoms with van der Waals surface area (Å²) in [5.74, 6) is 0. The molecule has 1 unspecified atom stereocenters. The molecule has 0 amide bonds. The monoisotopic (exact) mass is 368 g/mol. The van der Waals surface area contributed by atoms with Gasteiger partial charge in [0, 0.05) is 4.07 Å². The molecule has 0 saturated heterocycles. The standard InChI is InChI=1S/C15H34BrFSi2/c1-13(2,3)19(14(4,5)6,15(7,8)9)12(16)18(10,11)17/h12H,1-11H3. The molecule has 1 atom stereocenters. The molecule has 0 aromatic heterocycles. The Kier molecular flexibility index (Phi) is 5.47. The summed E-state index contributed by atoms with van der Waals surface area (Å²) in [7, 11) is -4.78. The van der Waals surface area contributed by atoms with Crippen LogP contribution >= 0.6 is 15.9 Å². The first-order chi connectivity index (χ1) is 7.90. The van der Waals surface area contributed by atoms with E-state index in [1.165, 1.54) is 0 Å². The Morgan fingerprint density at radius 2 is 0.947 bits per heavy atom. The van der Waals surface area contributed by atoms with E-state index in [4.69, 9.17) is 0 Å². The van der Waals surface area contributed by atoms with Gasteiger partial charge < -0.3 is 4.11 Å². The van der Waals surface area contributed by atoms with Gasteiger partial charge in [-0.2, -0.15) is 0 Å². The van der Waals surface area contributed by atoms with E-state index in [0.29, 0.717) is 0 Å². The van der Waals surface area contributed by atoms with E-state index in [1.807, 2.05) is 13.1 Å². The molecule has 0 N–H and O–H groups in total. The first-order valence-electron chi connectivity index (χ1n) is 7.23. The van der Waals surface area contributed by atoms with Gasteiger partial charge in [-0.1, -0.05) is 78.2 Å². The van der Waals surface area contributed by atoms with Crippen molar-refractivity contribution in [3.8, 4) is 0 Å². The van der Waals surface area contributed by atoms with Gasteiger partial charge in [0.15, 0.2) is 0 Å². The van der Waals surface area contributed by atoms with Crippen LogP contribution in [-0.4, -0.2) is 20.6 Å². The third-order valence-electron chi connectivity index (χ3n) is 4.53. The molecule has 0 saturated carbocycles. The number of hydrogen-bond donors (Lipinski definition) is 0. The summed E-state index contributed by atoms with van der Waals surface area (Å²) >= 11 is 3.88. The number of hydrogen-bond acceptors (Lipinski definition) is 0. The van der Waals surface area contributed by atoms with Gasteiger partial charge >= 0.3 is 0 Å². The predicted octanol–water partition coefficient (Wildman–Crippen LogP) is 6.85. The fourth-order valence-electron chi connectivity index (χ4n) is 5.03. The molecule has 0 aliphatic carbocycles. The first-order valence-corrected chi connectivity index (χ1v) is 13.2. The maximum absolute atomic E-state index is 15.0. The average molecular weight is 370 g/mol. The van der Waals surface area contributed by atoms with Crippen molar-refractivity contribution < 1.29 is 4.11 Å². The van der Waals surface area contributed by atoms with Crippen LogP contribution in [0.3, 0.4) is 0 Å². The highest BCUT2D eigenvalue weighted by molar-refractivity contribution is 9.10. The van der Waals surface area contributed by atoms with Crippen LogP contribution in [0.15, 0.2) is 0 Å². The van der Waals surface area contributed by atoms with Crippen molar-refractivity contribution in [3.05, 3.63) is 0 Å². The lowest BCUT2D eigenvalue weighted by Gasteiger charge is -2.63. The summed E-state index contributed by atoms with van der Waals surface area (Å²) in [6.45, 7) is 24.6. The second-order valence-corrected chi connectivity index (χ2v) is 23.1. The van der Waals surface area contributed by atoms with Crippen molar-refractivity contribution in [2.24, 2.45) is 0 Å². The topological polar surface area (TPSA) is 0 Å². The third kappa shape index (κ3) is 3.37. The predicted molar refractivity (Wildman–Crippen MR) is 96.2 cm³/mol. The highest BCUT2D eigenvalue weighted by Crippen LogP contribution is 2.65. The Hall–Kier alpha value is 0.844. The number of alkyl halides is 1.